The number of benzene rings is 2. The van der Waals surface area contributed by atoms with Crippen LogP contribution >= 0.6 is 11.6 Å². The van der Waals surface area contributed by atoms with Crippen LogP contribution in [0, 0.1) is 13.8 Å². The zero-order valence-corrected chi connectivity index (χ0v) is 19.7. The van der Waals surface area contributed by atoms with Crippen molar-refractivity contribution in [2.45, 2.75) is 32.7 Å². The highest BCUT2D eigenvalue weighted by Gasteiger charge is 2.27. The van der Waals surface area contributed by atoms with Gasteiger partial charge in [0.1, 0.15) is 5.69 Å². The maximum absolute atomic E-state index is 6.99. The molecule has 0 aliphatic carbocycles. The van der Waals surface area contributed by atoms with Crippen molar-refractivity contribution in [1.29, 1.82) is 0 Å². The van der Waals surface area contributed by atoms with Gasteiger partial charge in [0.2, 0.25) is 0 Å². The quantitative estimate of drug-likeness (QED) is 0.390. The summed E-state index contributed by atoms with van der Waals surface area (Å²) in [6.07, 6.45) is 5.89. The Morgan fingerprint density at radius 1 is 1.06 bits per heavy atom. The molecule has 6 rings (SSSR count). The minimum atomic E-state index is 0.365. The van der Waals surface area contributed by atoms with Gasteiger partial charge >= 0.3 is 0 Å². The molecule has 0 saturated carbocycles. The number of halogens is 1. The standard InChI is InChI=1S/C25H26ClN7/c1-14-10-20-19(13-28-30-20)23(24(14)26)22-15(2)33(18-6-8-27-9-7-18)31-25(22)16-4-5-21-17(11-16)12-29-32(21)3/h4-5,10-13,18,27H,6-9H2,1-3H3,(H,28,30). The number of aromatic nitrogens is 6. The Labute approximate surface area is 196 Å². The molecule has 4 heterocycles. The van der Waals surface area contributed by atoms with Crippen molar-refractivity contribution in [2.75, 3.05) is 13.1 Å². The van der Waals surface area contributed by atoms with Gasteiger partial charge in [-0.05, 0) is 63.5 Å². The van der Waals surface area contributed by atoms with Crippen molar-refractivity contribution in [1.82, 2.24) is 35.1 Å². The first-order valence-electron chi connectivity index (χ1n) is 11.4. The fourth-order valence-electron chi connectivity index (χ4n) is 5.18. The maximum atomic E-state index is 6.99. The number of fused-ring (bicyclic) bond motifs is 2. The second kappa shape index (κ2) is 7.71. The van der Waals surface area contributed by atoms with Crippen molar-refractivity contribution in [3.8, 4) is 22.4 Å². The summed E-state index contributed by atoms with van der Waals surface area (Å²) in [4.78, 5) is 0. The van der Waals surface area contributed by atoms with Crippen molar-refractivity contribution < 1.29 is 0 Å². The van der Waals surface area contributed by atoms with E-state index in [-0.39, 0.29) is 0 Å². The van der Waals surface area contributed by atoms with Crippen LogP contribution < -0.4 is 5.32 Å². The monoisotopic (exact) mass is 459 g/mol. The van der Waals surface area contributed by atoms with Crippen molar-refractivity contribution in [3.63, 3.8) is 0 Å². The number of piperidine rings is 1. The van der Waals surface area contributed by atoms with Crippen molar-refractivity contribution >= 4 is 33.4 Å². The first-order valence-corrected chi connectivity index (χ1v) is 11.7. The number of H-pyrrole nitrogens is 1. The van der Waals surface area contributed by atoms with E-state index >= 15 is 0 Å². The molecule has 2 N–H and O–H groups in total. The Balaban J connectivity index is 1.65. The van der Waals surface area contributed by atoms with Crippen molar-refractivity contribution in [3.05, 3.63) is 52.9 Å². The van der Waals surface area contributed by atoms with E-state index in [9.17, 15) is 0 Å². The van der Waals surface area contributed by atoms with Gasteiger partial charge in [0, 0.05) is 40.2 Å². The second-order valence-electron chi connectivity index (χ2n) is 8.99. The average Bonchev–Trinajstić information content (AvgIpc) is 3.53. The lowest BCUT2D eigenvalue weighted by atomic mass is 9.94. The minimum absolute atomic E-state index is 0.365. The van der Waals surface area contributed by atoms with Gasteiger partial charge in [-0.25, -0.2) is 0 Å². The fourth-order valence-corrected chi connectivity index (χ4v) is 5.43. The van der Waals surface area contributed by atoms with Crippen LogP contribution in [0.25, 0.3) is 44.2 Å². The Bertz CT molecular complexity index is 1500. The summed E-state index contributed by atoms with van der Waals surface area (Å²) in [5, 5.41) is 23.4. The summed E-state index contributed by atoms with van der Waals surface area (Å²) >= 11 is 6.99. The predicted octanol–water partition coefficient (Wildman–Crippen LogP) is 5.17. The van der Waals surface area contributed by atoms with Gasteiger partial charge in [-0.2, -0.15) is 15.3 Å². The smallest absolute Gasteiger partial charge is 0.101 e. The van der Waals surface area contributed by atoms with E-state index in [1.807, 2.05) is 31.0 Å². The summed E-state index contributed by atoms with van der Waals surface area (Å²) in [6, 6.07) is 8.85. The lowest BCUT2D eigenvalue weighted by molar-refractivity contribution is 0.339. The molecule has 0 radical (unpaired) electrons. The third kappa shape index (κ3) is 3.18. The topological polar surface area (TPSA) is 76.3 Å². The number of hydrogen-bond acceptors (Lipinski definition) is 4. The van der Waals surface area contributed by atoms with Gasteiger partial charge < -0.3 is 5.32 Å². The molecule has 8 heteroatoms. The highest BCUT2D eigenvalue weighted by molar-refractivity contribution is 6.36. The van der Waals surface area contributed by atoms with Gasteiger partial charge in [0.15, 0.2) is 0 Å². The zero-order valence-electron chi connectivity index (χ0n) is 19.0. The van der Waals surface area contributed by atoms with Crippen LogP contribution in [0.2, 0.25) is 5.02 Å². The molecule has 0 bridgehead atoms. The molecular formula is C25H26ClN7. The van der Waals surface area contributed by atoms with Gasteiger partial charge in [-0.15, -0.1) is 0 Å². The van der Waals surface area contributed by atoms with Crippen LogP contribution in [0.5, 0.6) is 0 Å². The van der Waals surface area contributed by atoms with Gasteiger partial charge in [-0.1, -0.05) is 17.7 Å². The Hall–Kier alpha value is -3.16. The van der Waals surface area contributed by atoms with Crippen LogP contribution in [-0.4, -0.2) is 42.8 Å². The van der Waals surface area contributed by atoms with Crippen molar-refractivity contribution in [2.24, 2.45) is 7.05 Å². The van der Waals surface area contributed by atoms with E-state index < -0.39 is 0 Å². The number of aryl methyl sites for hydroxylation is 2. The Morgan fingerprint density at radius 2 is 1.88 bits per heavy atom. The number of nitrogens with zero attached hydrogens (tertiary/aromatic N) is 5. The Kier molecular flexibility index (Phi) is 4.78. The third-order valence-corrected chi connectivity index (χ3v) is 7.43. The fraction of sp³-hybridized carbons (Fsp3) is 0.320. The number of rotatable bonds is 3. The van der Waals surface area contributed by atoms with Crippen LogP contribution in [0.15, 0.2) is 36.7 Å². The first-order chi connectivity index (χ1) is 16.0. The van der Waals surface area contributed by atoms with Crippen LogP contribution in [0.3, 0.4) is 0 Å². The zero-order chi connectivity index (χ0) is 22.7. The molecule has 0 amide bonds. The highest BCUT2D eigenvalue weighted by Crippen LogP contribution is 2.44. The number of nitrogens with one attached hydrogen (secondary N) is 2. The third-order valence-electron chi connectivity index (χ3n) is 6.94. The molecule has 33 heavy (non-hydrogen) atoms. The predicted molar refractivity (Wildman–Crippen MR) is 133 cm³/mol. The summed E-state index contributed by atoms with van der Waals surface area (Å²) in [7, 11) is 1.96. The normalized spacial score (nSPS) is 15.2. The Morgan fingerprint density at radius 3 is 2.70 bits per heavy atom. The largest absolute Gasteiger partial charge is 0.317 e. The molecule has 2 aromatic carbocycles. The van der Waals surface area contributed by atoms with Crippen LogP contribution in [-0.2, 0) is 7.05 Å². The molecule has 7 nitrogen and oxygen atoms in total. The van der Waals surface area contributed by atoms with E-state index in [1.165, 1.54) is 0 Å². The molecule has 1 aliphatic heterocycles. The maximum Gasteiger partial charge on any atom is 0.101 e. The van der Waals surface area contributed by atoms with Crippen LogP contribution in [0.4, 0.5) is 0 Å². The van der Waals surface area contributed by atoms with E-state index in [0.29, 0.717) is 6.04 Å². The van der Waals surface area contributed by atoms with E-state index in [1.54, 1.807) is 0 Å². The van der Waals surface area contributed by atoms with Gasteiger partial charge in [-0.3, -0.25) is 14.5 Å². The minimum Gasteiger partial charge on any atom is -0.317 e. The summed E-state index contributed by atoms with van der Waals surface area (Å²) in [6.45, 7) is 6.22. The lowest BCUT2D eigenvalue weighted by Gasteiger charge is -2.24. The summed E-state index contributed by atoms with van der Waals surface area (Å²) in [5.74, 6) is 0. The molecule has 168 valence electrons. The highest BCUT2D eigenvalue weighted by atomic mass is 35.5. The molecule has 1 saturated heterocycles. The van der Waals surface area contributed by atoms with E-state index in [4.69, 9.17) is 16.7 Å². The number of aromatic amines is 1. The summed E-state index contributed by atoms with van der Waals surface area (Å²) < 4.78 is 4.12. The average molecular weight is 460 g/mol. The molecule has 0 atom stereocenters. The first kappa shape index (κ1) is 20.4. The lowest BCUT2D eigenvalue weighted by Crippen LogP contribution is -2.30. The van der Waals surface area contributed by atoms with E-state index in [2.05, 4.69) is 56.5 Å². The molecular weight excluding hydrogens is 434 g/mol. The molecule has 3 aromatic heterocycles. The molecule has 0 spiro atoms. The molecule has 0 unspecified atom stereocenters. The SMILES string of the molecule is Cc1cc2[nH]ncc2c(-c2c(-c3ccc4c(cnn4C)c3)nn(C3CCNCC3)c2C)c1Cl. The summed E-state index contributed by atoms with van der Waals surface area (Å²) in [5.41, 5.74) is 8.33. The number of hydrogen-bond donors (Lipinski definition) is 2. The van der Waals surface area contributed by atoms with Gasteiger partial charge in [0.05, 0.1) is 34.5 Å². The molecule has 5 aromatic rings. The molecule has 1 fully saturated rings. The van der Waals surface area contributed by atoms with Crippen LogP contribution in [0.1, 0.15) is 30.1 Å². The van der Waals surface area contributed by atoms with E-state index in [0.717, 1.165) is 86.4 Å². The molecule has 1 aliphatic rings. The van der Waals surface area contributed by atoms with Gasteiger partial charge in [0.25, 0.3) is 0 Å². The second-order valence-corrected chi connectivity index (χ2v) is 9.37.